The van der Waals surface area contributed by atoms with Gasteiger partial charge in [-0.3, -0.25) is 4.52 Å². The topological polar surface area (TPSA) is 46.2 Å². The Bertz CT molecular complexity index is 800. The number of hydrogen-bond acceptors (Lipinski definition) is 5. The van der Waals surface area contributed by atoms with Crippen molar-refractivity contribution in [2.75, 3.05) is 20.8 Å². The fraction of sp³-hybridized carbons (Fsp3) is 0.538. The van der Waals surface area contributed by atoms with Crippen molar-refractivity contribution in [1.29, 1.82) is 0 Å². The molecular weight excluding hydrogens is 423 g/mol. The zero-order valence-corrected chi connectivity index (χ0v) is 22.0. The molecule has 2 aromatic carbocycles. The summed E-state index contributed by atoms with van der Waals surface area (Å²) in [4.78, 5) is 0. The van der Waals surface area contributed by atoms with Crippen molar-refractivity contribution in [1.82, 2.24) is 0 Å². The highest BCUT2D eigenvalue weighted by atomic mass is 31.2. The van der Waals surface area contributed by atoms with Crippen LogP contribution in [0.1, 0.15) is 72.4 Å². The molecule has 178 valence electrons. The molecule has 0 heterocycles. The highest BCUT2D eigenvalue weighted by Crippen LogP contribution is 2.48. The molecule has 0 aliphatic rings. The second-order valence-corrected chi connectivity index (χ2v) is 10.9. The molecule has 0 unspecified atom stereocenters. The second kappa shape index (κ2) is 11.2. The van der Waals surface area contributed by atoms with Gasteiger partial charge in [0.25, 0.3) is 0 Å². The normalized spacial score (nSPS) is 12.1. The molecule has 0 aliphatic carbocycles. The molecule has 6 heteroatoms. The summed E-state index contributed by atoms with van der Waals surface area (Å²) in [7, 11) is 1.68. The van der Waals surface area contributed by atoms with Gasteiger partial charge in [-0.15, -0.1) is 0 Å². The van der Waals surface area contributed by atoms with E-state index in [1.807, 2.05) is 36.4 Å². The quantitative estimate of drug-likeness (QED) is 0.266. The van der Waals surface area contributed by atoms with Gasteiger partial charge in [0.15, 0.2) is 0 Å². The molecule has 0 radical (unpaired) electrons. The van der Waals surface area contributed by atoms with Gasteiger partial charge in [-0.1, -0.05) is 54.9 Å². The van der Waals surface area contributed by atoms with Gasteiger partial charge >= 0.3 is 8.60 Å². The van der Waals surface area contributed by atoms with Gasteiger partial charge in [-0.25, -0.2) is 0 Å². The maximum absolute atomic E-state index is 6.38. The standard InChI is InChI=1S/C26H39O5P/c1-10-11-16-29-32(30-23-14-12-19(27-8)17-21(23)25(2,3)4)31-24-15-13-20(28-9)18-22(24)26(5,6)7/h12-15,17-18H,10-11,16H2,1-9H3. The van der Waals surface area contributed by atoms with Crippen molar-refractivity contribution in [3.8, 4) is 23.0 Å². The minimum Gasteiger partial charge on any atom is -0.497 e. The van der Waals surface area contributed by atoms with Crippen LogP contribution in [0.5, 0.6) is 23.0 Å². The van der Waals surface area contributed by atoms with Gasteiger partial charge in [0.2, 0.25) is 0 Å². The molecule has 2 aromatic rings. The van der Waals surface area contributed by atoms with E-state index in [9.17, 15) is 0 Å². The van der Waals surface area contributed by atoms with E-state index in [0.29, 0.717) is 6.61 Å². The third kappa shape index (κ3) is 7.28. The number of ether oxygens (including phenoxy) is 2. The second-order valence-electron chi connectivity index (χ2n) is 9.82. The first-order valence-corrected chi connectivity index (χ1v) is 12.2. The van der Waals surface area contributed by atoms with Crippen LogP contribution >= 0.6 is 8.60 Å². The maximum atomic E-state index is 6.38. The van der Waals surface area contributed by atoms with Crippen LogP contribution in [0, 0.1) is 0 Å². The molecule has 2 rings (SSSR count). The lowest BCUT2D eigenvalue weighted by Crippen LogP contribution is -2.15. The fourth-order valence-electron chi connectivity index (χ4n) is 3.12. The summed E-state index contributed by atoms with van der Waals surface area (Å²) in [5, 5.41) is 0. The van der Waals surface area contributed by atoms with Crippen LogP contribution in [0.15, 0.2) is 36.4 Å². The van der Waals surface area contributed by atoms with Crippen molar-refractivity contribution >= 4 is 8.60 Å². The largest absolute Gasteiger partial charge is 0.497 e. The summed E-state index contributed by atoms with van der Waals surface area (Å²) < 4.78 is 29.7. The Hall–Kier alpha value is -1.97. The third-order valence-electron chi connectivity index (χ3n) is 5.03. The Labute approximate surface area is 195 Å². The lowest BCUT2D eigenvalue weighted by molar-refractivity contribution is 0.258. The third-order valence-corrected chi connectivity index (χ3v) is 6.11. The van der Waals surface area contributed by atoms with Crippen LogP contribution < -0.4 is 18.5 Å². The van der Waals surface area contributed by atoms with Crippen molar-refractivity contribution < 1.29 is 23.0 Å². The monoisotopic (exact) mass is 462 g/mol. The SMILES string of the molecule is CCCCOP(Oc1ccc(OC)cc1C(C)(C)C)Oc1ccc(OC)cc1C(C)(C)C. The van der Waals surface area contributed by atoms with Crippen LogP contribution in [0.3, 0.4) is 0 Å². The van der Waals surface area contributed by atoms with E-state index in [-0.39, 0.29) is 10.8 Å². The molecule has 0 aromatic heterocycles. The lowest BCUT2D eigenvalue weighted by atomic mass is 9.86. The summed E-state index contributed by atoms with van der Waals surface area (Å²) in [6.07, 6.45) is 1.98. The molecule has 0 atom stereocenters. The van der Waals surface area contributed by atoms with Crippen LogP contribution in [-0.2, 0) is 15.4 Å². The average molecular weight is 463 g/mol. The van der Waals surface area contributed by atoms with Crippen molar-refractivity contribution in [3.63, 3.8) is 0 Å². The summed E-state index contributed by atoms with van der Waals surface area (Å²) >= 11 is 0. The van der Waals surface area contributed by atoms with E-state index >= 15 is 0 Å². The molecule has 0 bridgehead atoms. The molecule has 32 heavy (non-hydrogen) atoms. The molecule has 5 nitrogen and oxygen atoms in total. The number of hydrogen-bond donors (Lipinski definition) is 0. The minimum atomic E-state index is -1.66. The average Bonchev–Trinajstić information content (AvgIpc) is 2.72. The van der Waals surface area contributed by atoms with Gasteiger partial charge in [0.05, 0.1) is 20.8 Å². The highest BCUT2D eigenvalue weighted by Gasteiger charge is 2.27. The van der Waals surface area contributed by atoms with Gasteiger partial charge in [0, 0.05) is 11.1 Å². The van der Waals surface area contributed by atoms with E-state index in [0.717, 1.165) is 47.0 Å². The van der Waals surface area contributed by atoms with Crippen molar-refractivity contribution in [2.45, 2.75) is 72.1 Å². The molecular formula is C26H39O5P. The Balaban J connectivity index is 2.41. The summed E-state index contributed by atoms with van der Waals surface area (Å²) in [5.41, 5.74) is 1.81. The number of unbranched alkanes of at least 4 members (excludes halogenated alkanes) is 1. The predicted molar refractivity (Wildman–Crippen MR) is 132 cm³/mol. The molecule has 0 saturated carbocycles. The number of benzene rings is 2. The van der Waals surface area contributed by atoms with E-state index in [4.69, 9.17) is 23.0 Å². The summed E-state index contributed by atoms with van der Waals surface area (Å²) in [5.74, 6) is 3.08. The molecule has 0 saturated heterocycles. The zero-order chi connectivity index (χ0) is 23.9. The Morgan fingerprint density at radius 1 is 0.719 bits per heavy atom. The predicted octanol–water partition coefficient (Wildman–Crippen LogP) is 7.80. The Kier molecular flexibility index (Phi) is 9.24. The Morgan fingerprint density at radius 3 is 1.50 bits per heavy atom. The molecule has 0 N–H and O–H groups in total. The first kappa shape index (κ1) is 26.3. The van der Waals surface area contributed by atoms with E-state index in [1.165, 1.54) is 0 Å². The van der Waals surface area contributed by atoms with E-state index < -0.39 is 8.60 Å². The van der Waals surface area contributed by atoms with Gasteiger partial charge in [0.1, 0.15) is 23.0 Å². The highest BCUT2D eigenvalue weighted by molar-refractivity contribution is 7.42. The fourth-order valence-corrected chi connectivity index (χ4v) is 4.18. The molecule has 0 amide bonds. The molecule has 0 spiro atoms. The van der Waals surface area contributed by atoms with E-state index in [2.05, 4.69) is 48.5 Å². The summed E-state index contributed by atoms with van der Waals surface area (Å²) in [6, 6.07) is 11.7. The number of rotatable bonds is 10. The van der Waals surface area contributed by atoms with E-state index in [1.54, 1.807) is 14.2 Å². The smallest absolute Gasteiger partial charge is 0.463 e. The van der Waals surface area contributed by atoms with Crippen molar-refractivity contribution in [3.05, 3.63) is 47.5 Å². The van der Waals surface area contributed by atoms with Gasteiger partial charge in [-0.05, 0) is 53.6 Å². The van der Waals surface area contributed by atoms with Gasteiger partial charge in [-0.2, -0.15) is 0 Å². The van der Waals surface area contributed by atoms with Crippen LogP contribution in [0.4, 0.5) is 0 Å². The summed E-state index contributed by atoms with van der Waals surface area (Å²) in [6.45, 7) is 15.6. The number of methoxy groups -OCH3 is 2. The first-order valence-electron chi connectivity index (χ1n) is 11.2. The van der Waals surface area contributed by atoms with Gasteiger partial charge < -0.3 is 18.5 Å². The van der Waals surface area contributed by atoms with Crippen LogP contribution in [0.25, 0.3) is 0 Å². The van der Waals surface area contributed by atoms with Crippen LogP contribution in [-0.4, -0.2) is 20.8 Å². The zero-order valence-electron chi connectivity index (χ0n) is 21.1. The minimum absolute atomic E-state index is 0.134. The van der Waals surface area contributed by atoms with Crippen LogP contribution in [0.2, 0.25) is 0 Å². The maximum Gasteiger partial charge on any atom is 0.463 e. The lowest BCUT2D eigenvalue weighted by Gasteiger charge is -2.27. The Morgan fingerprint density at radius 2 is 1.16 bits per heavy atom. The molecule has 0 fully saturated rings. The van der Waals surface area contributed by atoms with Crippen molar-refractivity contribution in [2.24, 2.45) is 0 Å². The molecule has 0 aliphatic heterocycles. The first-order chi connectivity index (χ1) is 15.0.